The van der Waals surface area contributed by atoms with E-state index in [1.807, 2.05) is 20.8 Å². The van der Waals surface area contributed by atoms with Crippen molar-refractivity contribution in [3.63, 3.8) is 0 Å². The summed E-state index contributed by atoms with van der Waals surface area (Å²) in [4.78, 5) is 15.7. The van der Waals surface area contributed by atoms with Crippen molar-refractivity contribution in [1.82, 2.24) is 14.7 Å². The molecular formula is C12H22N4O2S. The first kappa shape index (κ1) is 15.7. The average Bonchev–Trinajstić information content (AvgIpc) is 2.70. The molecule has 0 saturated carbocycles. The van der Waals surface area contributed by atoms with Crippen LogP contribution in [0.5, 0.6) is 0 Å². The number of ether oxygens (including phenoxy) is 1. The molecule has 0 atom stereocenters. The summed E-state index contributed by atoms with van der Waals surface area (Å²) >= 11 is 1.33. The van der Waals surface area contributed by atoms with E-state index in [1.54, 1.807) is 0 Å². The molecule has 0 fully saturated rings. The second-order valence-corrected chi connectivity index (χ2v) is 6.22. The third-order valence-corrected chi connectivity index (χ3v) is 2.71. The fourth-order valence-corrected chi connectivity index (χ4v) is 1.92. The Morgan fingerprint density at radius 3 is 2.58 bits per heavy atom. The Labute approximate surface area is 118 Å². The SMILES string of the molecule is CC(C)c1nsc(NCCNC(=O)OC(C)(C)C)n1. The highest BCUT2D eigenvalue weighted by Gasteiger charge is 2.15. The van der Waals surface area contributed by atoms with E-state index in [4.69, 9.17) is 4.74 Å². The largest absolute Gasteiger partial charge is 0.444 e. The van der Waals surface area contributed by atoms with Crippen LogP contribution >= 0.6 is 11.5 Å². The molecule has 0 spiro atoms. The summed E-state index contributed by atoms with van der Waals surface area (Å²) in [6.07, 6.45) is -0.408. The van der Waals surface area contributed by atoms with E-state index in [0.717, 1.165) is 11.0 Å². The first-order valence-corrected chi connectivity index (χ1v) is 7.09. The molecule has 0 saturated heterocycles. The van der Waals surface area contributed by atoms with Crippen LogP contribution in [-0.4, -0.2) is 34.1 Å². The molecule has 0 aliphatic carbocycles. The zero-order chi connectivity index (χ0) is 14.5. The molecule has 0 bridgehead atoms. The van der Waals surface area contributed by atoms with Crippen molar-refractivity contribution in [1.29, 1.82) is 0 Å². The van der Waals surface area contributed by atoms with E-state index in [1.165, 1.54) is 11.5 Å². The Morgan fingerprint density at radius 1 is 1.37 bits per heavy atom. The zero-order valence-corrected chi connectivity index (χ0v) is 12.9. The minimum absolute atomic E-state index is 0.326. The second-order valence-electron chi connectivity index (χ2n) is 5.47. The van der Waals surface area contributed by atoms with Crippen molar-refractivity contribution in [2.75, 3.05) is 18.4 Å². The summed E-state index contributed by atoms with van der Waals surface area (Å²) < 4.78 is 9.36. The molecular weight excluding hydrogens is 264 g/mol. The van der Waals surface area contributed by atoms with Gasteiger partial charge in [0.2, 0.25) is 5.13 Å². The fraction of sp³-hybridized carbons (Fsp3) is 0.750. The molecule has 0 aliphatic heterocycles. The minimum atomic E-state index is -0.469. The van der Waals surface area contributed by atoms with E-state index in [0.29, 0.717) is 19.0 Å². The molecule has 1 aromatic rings. The lowest BCUT2D eigenvalue weighted by Crippen LogP contribution is -2.34. The number of aromatic nitrogens is 2. The van der Waals surface area contributed by atoms with Crippen LogP contribution in [0.1, 0.15) is 46.4 Å². The van der Waals surface area contributed by atoms with Crippen LogP contribution in [0.3, 0.4) is 0 Å². The number of nitrogens with zero attached hydrogens (tertiary/aromatic N) is 2. The van der Waals surface area contributed by atoms with Gasteiger partial charge in [0.25, 0.3) is 0 Å². The van der Waals surface area contributed by atoms with E-state index >= 15 is 0 Å². The predicted molar refractivity (Wildman–Crippen MR) is 76.7 cm³/mol. The monoisotopic (exact) mass is 286 g/mol. The van der Waals surface area contributed by atoms with Gasteiger partial charge in [-0.3, -0.25) is 0 Å². The fourth-order valence-electron chi connectivity index (χ4n) is 1.19. The maximum Gasteiger partial charge on any atom is 0.407 e. The van der Waals surface area contributed by atoms with Gasteiger partial charge in [-0.2, -0.15) is 4.37 Å². The molecule has 7 heteroatoms. The molecule has 2 N–H and O–H groups in total. The van der Waals surface area contributed by atoms with Gasteiger partial charge >= 0.3 is 6.09 Å². The van der Waals surface area contributed by atoms with Crippen LogP contribution in [0.4, 0.5) is 9.93 Å². The maximum atomic E-state index is 11.4. The summed E-state index contributed by atoms with van der Waals surface area (Å²) in [5.74, 6) is 1.17. The van der Waals surface area contributed by atoms with E-state index in [-0.39, 0.29) is 0 Å². The number of anilines is 1. The van der Waals surface area contributed by atoms with E-state index < -0.39 is 11.7 Å². The molecule has 108 valence electrons. The number of hydrogen-bond acceptors (Lipinski definition) is 6. The van der Waals surface area contributed by atoms with Crippen molar-refractivity contribution in [3.8, 4) is 0 Å². The van der Waals surface area contributed by atoms with Gasteiger partial charge in [0.05, 0.1) is 0 Å². The van der Waals surface area contributed by atoms with E-state index in [2.05, 4.69) is 33.8 Å². The highest BCUT2D eigenvalue weighted by Crippen LogP contribution is 2.16. The lowest BCUT2D eigenvalue weighted by Gasteiger charge is -2.19. The topological polar surface area (TPSA) is 76.1 Å². The molecule has 1 heterocycles. The lowest BCUT2D eigenvalue weighted by molar-refractivity contribution is 0.0530. The molecule has 0 aliphatic rings. The average molecular weight is 286 g/mol. The standard InChI is InChI=1S/C12H22N4O2S/c1-8(2)9-15-10(19-16-9)13-6-7-14-11(17)18-12(3,4)5/h8H,6-7H2,1-5H3,(H,14,17)(H,13,15,16). The van der Waals surface area contributed by atoms with Crippen molar-refractivity contribution in [2.45, 2.75) is 46.1 Å². The Morgan fingerprint density at radius 2 is 2.05 bits per heavy atom. The van der Waals surface area contributed by atoms with Gasteiger partial charge in [-0.25, -0.2) is 9.78 Å². The van der Waals surface area contributed by atoms with Crippen LogP contribution in [0, 0.1) is 0 Å². The first-order chi connectivity index (χ1) is 8.78. The Hall–Kier alpha value is -1.37. The van der Waals surface area contributed by atoms with Crippen LogP contribution in [0.2, 0.25) is 0 Å². The number of amides is 1. The number of nitrogens with one attached hydrogen (secondary N) is 2. The number of hydrogen-bond donors (Lipinski definition) is 2. The van der Waals surface area contributed by atoms with Gasteiger partial charge in [-0.1, -0.05) is 13.8 Å². The minimum Gasteiger partial charge on any atom is -0.444 e. The van der Waals surface area contributed by atoms with Gasteiger partial charge in [-0.05, 0) is 20.8 Å². The maximum absolute atomic E-state index is 11.4. The number of carbonyl (C=O) groups is 1. The molecule has 1 amide bonds. The van der Waals surface area contributed by atoms with Crippen LogP contribution in [-0.2, 0) is 4.74 Å². The third kappa shape index (κ3) is 6.37. The normalized spacial score (nSPS) is 11.5. The van der Waals surface area contributed by atoms with Crippen molar-refractivity contribution < 1.29 is 9.53 Å². The van der Waals surface area contributed by atoms with Gasteiger partial charge in [0.15, 0.2) is 0 Å². The van der Waals surface area contributed by atoms with E-state index in [9.17, 15) is 4.79 Å². The summed E-state index contributed by atoms with van der Waals surface area (Å²) in [5.41, 5.74) is -0.469. The smallest absolute Gasteiger partial charge is 0.407 e. The quantitative estimate of drug-likeness (QED) is 0.814. The van der Waals surface area contributed by atoms with Crippen molar-refractivity contribution in [3.05, 3.63) is 5.82 Å². The molecule has 0 unspecified atom stereocenters. The number of alkyl carbamates (subject to hydrolysis) is 1. The predicted octanol–water partition coefficient (Wildman–Crippen LogP) is 2.60. The molecule has 0 aromatic carbocycles. The van der Waals surface area contributed by atoms with Gasteiger partial charge < -0.3 is 15.4 Å². The third-order valence-electron chi connectivity index (χ3n) is 2.03. The molecule has 0 radical (unpaired) electrons. The first-order valence-electron chi connectivity index (χ1n) is 6.32. The van der Waals surface area contributed by atoms with Gasteiger partial charge in [0, 0.05) is 30.5 Å². The lowest BCUT2D eigenvalue weighted by atomic mass is 10.2. The molecule has 1 rings (SSSR count). The molecule has 19 heavy (non-hydrogen) atoms. The zero-order valence-electron chi connectivity index (χ0n) is 12.1. The van der Waals surface area contributed by atoms with Crippen molar-refractivity contribution in [2.24, 2.45) is 0 Å². The highest BCUT2D eigenvalue weighted by atomic mass is 32.1. The van der Waals surface area contributed by atoms with Crippen LogP contribution in [0.15, 0.2) is 0 Å². The number of carbonyl (C=O) groups excluding carboxylic acids is 1. The summed E-state index contributed by atoms with van der Waals surface area (Å²) in [6.45, 7) is 10.7. The summed E-state index contributed by atoms with van der Waals surface area (Å²) in [6, 6.07) is 0. The summed E-state index contributed by atoms with van der Waals surface area (Å²) in [7, 11) is 0. The van der Waals surface area contributed by atoms with Crippen LogP contribution in [0.25, 0.3) is 0 Å². The Balaban J connectivity index is 2.22. The molecule has 1 aromatic heterocycles. The number of rotatable bonds is 5. The summed E-state index contributed by atoms with van der Waals surface area (Å²) in [5, 5.41) is 6.56. The second kappa shape index (κ2) is 6.70. The van der Waals surface area contributed by atoms with Gasteiger partial charge in [-0.15, -0.1) is 0 Å². The van der Waals surface area contributed by atoms with Crippen LogP contribution < -0.4 is 10.6 Å². The Bertz CT molecular complexity index is 412. The Kier molecular flexibility index (Phi) is 5.53. The van der Waals surface area contributed by atoms with Gasteiger partial charge in [0.1, 0.15) is 11.4 Å². The highest BCUT2D eigenvalue weighted by molar-refractivity contribution is 7.09. The van der Waals surface area contributed by atoms with Crippen molar-refractivity contribution >= 4 is 22.8 Å². The molecule has 6 nitrogen and oxygen atoms in total.